The monoisotopic (exact) mass is 161 g/mol. The fourth-order valence-electron chi connectivity index (χ4n) is 0.574. The molecule has 0 atom stereocenters. The molecule has 0 fully saturated rings. The van der Waals surface area contributed by atoms with Crippen LogP contribution in [-0.4, -0.2) is 20.4 Å². The Morgan fingerprint density at radius 1 is 1.36 bits per heavy atom. The minimum absolute atomic E-state index is 0.615. The van der Waals surface area contributed by atoms with E-state index in [4.69, 9.17) is 20.4 Å². The zero-order valence-electron chi connectivity index (χ0n) is 5.18. The number of aromatic hydroxyl groups is 2. The molecule has 6 heteroatoms. The number of hydrogen-bond acceptors (Lipinski definition) is 5. The molecule has 0 unspecified atom stereocenters. The normalized spacial score (nSPS) is 11.9. The maximum atomic E-state index is 10.3. The van der Waals surface area contributed by atoms with Crippen molar-refractivity contribution in [3.05, 3.63) is 12.0 Å². The summed E-state index contributed by atoms with van der Waals surface area (Å²) < 4.78 is 4.15. The standard InChI is InChI=1S/C5H5O6/c6-2-1-11-4(3(2)7)5(8,9)10/h1,6-9H. The van der Waals surface area contributed by atoms with Gasteiger partial charge in [0.25, 0.3) is 0 Å². The lowest BCUT2D eigenvalue weighted by molar-refractivity contribution is -0.366. The molecule has 1 aromatic heterocycles. The van der Waals surface area contributed by atoms with Gasteiger partial charge in [-0.2, -0.15) is 5.11 Å². The van der Waals surface area contributed by atoms with Crippen molar-refractivity contribution in [2.75, 3.05) is 0 Å². The van der Waals surface area contributed by atoms with E-state index < -0.39 is 23.2 Å². The van der Waals surface area contributed by atoms with Crippen molar-refractivity contribution in [2.24, 2.45) is 0 Å². The van der Waals surface area contributed by atoms with Gasteiger partial charge in [0, 0.05) is 0 Å². The molecule has 0 spiro atoms. The third-order valence-electron chi connectivity index (χ3n) is 1.04. The zero-order valence-corrected chi connectivity index (χ0v) is 5.18. The predicted octanol–water partition coefficient (Wildman–Crippen LogP) is -0.784. The van der Waals surface area contributed by atoms with Gasteiger partial charge in [-0.15, -0.1) is 0 Å². The van der Waals surface area contributed by atoms with E-state index in [-0.39, 0.29) is 0 Å². The van der Waals surface area contributed by atoms with Gasteiger partial charge in [0.05, 0.1) is 0 Å². The quantitative estimate of drug-likeness (QED) is 0.403. The molecule has 1 rings (SSSR count). The van der Waals surface area contributed by atoms with Gasteiger partial charge in [0.15, 0.2) is 5.75 Å². The number of furan rings is 1. The van der Waals surface area contributed by atoms with Gasteiger partial charge in [-0.1, -0.05) is 0 Å². The molecule has 0 aliphatic carbocycles. The molecule has 11 heavy (non-hydrogen) atoms. The first kappa shape index (κ1) is 7.86. The third kappa shape index (κ3) is 1.27. The molecule has 1 heterocycles. The summed E-state index contributed by atoms with van der Waals surface area (Å²) >= 11 is 0. The first-order valence-corrected chi connectivity index (χ1v) is 2.58. The van der Waals surface area contributed by atoms with E-state index >= 15 is 0 Å². The van der Waals surface area contributed by atoms with Gasteiger partial charge in [-0.05, 0) is 0 Å². The highest BCUT2D eigenvalue weighted by molar-refractivity contribution is 5.39. The van der Waals surface area contributed by atoms with E-state index in [1.165, 1.54) is 0 Å². The molecule has 0 saturated heterocycles. The molecule has 0 aliphatic rings. The Balaban J connectivity index is 3.15. The third-order valence-corrected chi connectivity index (χ3v) is 1.04. The lowest BCUT2D eigenvalue weighted by atomic mass is 10.3. The smallest absolute Gasteiger partial charge is 0.372 e. The summed E-state index contributed by atoms with van der Waals surface area (Å²) in [5.74, 6) is -6.24. The van der Waals surface area contributed by atoms with Gasteiger partial charge in [-0.25, -0.2) is 0 Å². The molecule has 4 N–H and O–H groups in total. The molecule has 1 radical (unpaired) electrons. The van der Waals surface area contributed by atoms with E-state index in [0.717, 1.165) is 0 Å². The number of aliphatic hydroxyl groups is 2. The van der Waals surface area contributed by atoms with Crippen molar-refractivity contribution >= 4 is 0 Å². The van der Waals surface area contributed by atoms with E-state index in [2.05, 4.69) is 4.42 Å². The van der Waals surface area contributed by atoms with E-state index in [9.17, 15) is 5.11 Å². The van der Waals surface area contributed by atoms with Crippen LogP contribution in [0.2, 0.25) is 0 Å². The SMILES string of the molecule is [O]C(O)(O)c1occ(O)c1O. The Hall–Kier alpha value is -1.24. The van der Waals surface area contributed by atoms with Crippen LogP contribution in [0.3, 0.4) is 0 Å². The van der Waals surface area contributed by atoms with E-state index in [1.807, 2.05) is 0 Å². The van der Waals surface area contributed by atoms with Gasteiger partial charge in [0.2, 0.25) is 11.5 Å². The van der Waals surface area contributed by atoms with Gasteiger partial charge >= 0.3 is 5.97 Å². The average molecular weight is 161 g/mol. The lowest BCUT2D eigenvalue weighted by Crippen LogP contribution is -2.21. The summed E-state index contributed by atoms with van der Waals surface area (Å²) in [4.78, 5) is 0. The first-order valence-electron chi connectivity index (χ1n) is 2.58. The topological polar surface area (TPSA) is 114 Å². The molecule has 0 bridgehead atoms. The molecule has 1 aromatic rings. The van der Waals surface area contributed by atoms with Gasteiger partial charge < -0.3 is 24.8 Å². The van der Waals surface area contributed by atoms with Crippen LogP contribution in [0.4, 0.5) is 0 Å². The van der Waals surface area contributed by atoms with Crippen LogP contribution in [0.25, 0.3) is 0 Å². The van der Waals surface area contributed by atoms with E-state index in [0.29, 0.717) is 6.26 Å². The average Bonchev–Trinajstić information content (AvgIpc) is 2.11. The highest BCUT2D eigenvalue weighted by Crippen LogP contribution is 2.35. The molecule has 0 aromatic carbocycles. The highest BCUT2D eigenvalue weighted by Gasteiger charge is 2.34. The van der Waals surface area contributed by atoms with Crippen LogP contribution in [0.1, 0.15) is 5.76 Å². The molecular formula is C5H5O6. The second kappa shape index (κ2) is 2.12. The lowest BCUT2D eigenvalue weighted by Gasteiger charge is -2.06. The molecule has 61 valence electrons. The number of hydrogen-bond donors (Lipinski definition) is 4. The van der Waals surface area contributed by atoms with Gasteiger partial charge in [-0.3, -0.25) is 0 Å². The Morgan fingerprint density at radius 3 is 2.09 bits per heavy atom. The van der Waals surface area contributed by atoms with Crippen LogP contribution < -0.4 is 0 Å². The second-order valence-electron chi connectivity index (χ2n) is 1.91. The molecule has 6 nitrogen and oxygen atoms in total. The van der Waals surface area contributed by atoms with Crippen molar-refractivity contribution in [2.45, 2.75) is 5.97 Å². The van der Waals surface area contributed by atoms with Crippen molar-refractivity contribution in [3.8, 4) is 11.5 Å². The van der Waals surface area contributed by atoms with Gasteiger partial charge in [0.1, 0.15) is 6.26 Å². The number of rotatable bonds is 1. The van der Waals surface area contributed by atoms with Crippen LogP contribution in [-0.2, 0) is 11.1 Å². The summed E-state index contributed by atoms with van der Waals surface area (Å²) in [6.07, 6.45) is 0.615. The minimum Gasteiger partial charge on any atom is -0.502 e. The molecular weight excluding hydrogens is 156 g/mol. The largest absolute Gasteiger partial charge is 0.502 e. The Bertz CT molecular complexity index is 256. The van der Waals surface area contributed by atoms with Crippen molar-refractivity contribution in [3.63, 3.8) is 0 Å². The highest BCUT2D eigenvalue weighted by atomic mass is 16.7. The maximum absolute atomic E-state index is 10.3. The summed E-state index contributed by atoms with van der Waals surface area (Å²) in [5, 5.41) is 44.2. The predicted molar refractivity (Wildman–Crippen MR) is 28.8 cm³/mol. The molecule has 0 amide bonds. The summed E-state index contributed by atoms with van der Waals surface area (Å²) in [5.41, 5.74) is 0. The minimum atomic E-state index is -3.52. The Labute approximate surface area is 60.6 Å². The zero-order chi connectivity index (χ0) is 8.65. The van der Waals surface area contributed by atoms with Crippen LogP contribution in [0.15, 0.2) is 10.7 Å². The van der Waals surface area contributed by atoms with Crippen LogP contribution >= 0.6 is 0 Å². The first-order chi connectivity index (χ1) is 4.93. The van der Waals surface area contributed by atoms with Crippen molar-refractivity contribution in [1.29, 1.82) is 0 Å². The molecule has 0 aliphatic heterocycles. The second-order valence-corrected chi connectivity index (χ2v) is 1.91. The van der Waals surface area contributed by atoms with E-state index in [1.54, 1.807) is 0 Å². The fourth-order valence-corrected chi connectivity index (χ4v) is 0.574. The molecule has 0 saturated carbocycles. The van der Waals surface area contributed by atoms with Crippen molar-refractivity contribution < 1.29 is 29.9 Å². The fraction of sp³-hybridized carbons (Fsp3) is 0.200. The Kier molecular flexibility index (Phi) is 1.52. The van der Waals surface area contributed by atoms with Crippen molar-refractivity contribution in [1.82, 2.24) is 0 Å². The Morgan fingerprint density at radius 2 is 1.91 bits per heavy atom. The summed E-state index contributed by atoms with van der Waals surface area (Å²) in [7, 11) is 0. The summed E-state index contributed by atoms with van der Waals surface area (Å²) in [6, 6.07) is 0. The van der Waals surface area contributed by atoms with Crippen LogP contribution in [0, 0.1) is 0 Å². The maximum Gasteiger partial charge on any atom is 0.372 e. The van der Waals surface area contributed by atoms with Crippen LogP contribution in [0.5, 0.6) is 11.5 Å². The summed E-state index contributed by atoms with van der Waals surface area (Å²) in [6.45, 7) is 0.